The van der Waals surface area contributed by atoms with Gasteiger partial charge >= 0.3 is 5.97 Å². The molecular formula is C11H19NO3. The number of rotatable bonds is 8. The summed E-state index contributed by atoms with van der Waals surface area (Å²) in [4.78, 5) is 22.0. The van der Waals surface area contributed by atoms with Crippen LogP contribution < -0.4 is 5.32 Å². The average Bonchev–Trinajstić information content (AvgIpc) is 2.20. The first-order valence-electron chi connectivity index (χ1n) is 5.24. The van der Waals surface area contributed by atoms with Gasteiger partial charge in [-0.15, -0.1) is 6.58 Å². The molecule has 0 bridgehead atoms. The maximum absolute atomic E-state index is 11.3. The quantitative estimate of drug-likeness (QED) is 0.603. The van der Waals surface area contributed by atoms with E-state index in [2.05, 4.69) is 11.9 Å². The van der Waals surface area contributed by atoms with Gasteiger partial charge in [-0.2, -0.15) is 0 Å². The summed E-state index contributed by atoms with van der Waals surface area (Å²) in [6.07, 6.45) is 4.75. The van der Waals surface area contributed by atoms with Crippen molar-refractivity contribution in [3.63, 3.8) is 0 Å². The predicted octanol–water partition coefficient (Wildman–Crippen LogP) is 1.71. The number of nitrogens with one attached hydrogen (secondary N) is 1. The smallest absolute Gasteiger partial charge is 0.326 e. The summed E-state index contributed by atoms with van der Waals surface area (Å²) in [5, 5.41) is 11.3. The van der Waals surface area contributed by atoms with Crippen molar-refractivity contribution < 1.29 is 14.7 Å². The fourth-order valence-corrected chi connectivity index (χ4v) is 1.15. The Kier molecular flexibility index (Phi) is 7.32. The van der Waals surface area contributed by atoms with Crippen molar-refractivity contribution in [2.45, 2.75) is 45.1 Å². The summed E-state index contributed by atoms with van der Waals surface area (Å²) in [5.41, 5.74) is 0. The highest BCUT2D eigenvalue weighted by molar-refractivity contribution is 5.83. The molecule has 0 aliphatic heterocycles. The van der Waals surface area contributed by atoms with E-state index in [1.165, 1.54) is 0 Å². The standard InChI is InChI=1S/C11H19NO3/c1-3-5-7-9(11(14)15)12-10(13)8-6-4-2/h3,9H,1,4-8H2,2H3,(H,12,13)(H,14,15). The van der Waals surface area contributed by atoms with Gasteiger partial charge in [-0.3, -0.25) is 4.79 Å². The number of carbonyl (C=O) groups excluding carboxylic acids is 1. The summed E-state index contributed by atoms with van der Waals surface area (Å²) in [6.45, 7) is 5.50. The first-order valence-corrected chi connectivity index (χ1v) is 5.24. The second-order valence-electron chi connectivity index (χ2n) is 3.43. The van der Waals surface area contributed by atoms with Gasteiger partial charge in [-0.05, 0) is 19.3 Å². The number of carboxylic acid groups (broad SMARTS) is 1. The summed E-state index contributed by atoms with van der Waals surface area (Å²) in [6, 6.07) is -0.785. The highest BCUT2D eigenvalue weighted by Crippen LogP contribution is 2.00. The number of unbranched alkanes of at least 4 members (excludes halogenated alkanes) is 1. The molecule has 0 aromatic carbocycles. The van der Waals surface area contributed by atoms with Gasteiger partial charge < -0.3 is 10.4 Å². The molecule has 0 aromatic heterocycles. The Balaban J connectivity index is 3.98. The van der Waals surface area contributed by atoms with E-state index in [-0.39, 0.29) is 5.91 Å². The van der Waals surface area contributed by atoms with E-state index >= 15 is 0 Å². The molecule has 0 rings (SSSR count). The summed E-state index contributed by atoms with van der Waals surface area (Å²) < 4.78 is 0. The van der Waals surface area contributed by atoms with E-state index in [0.29, 0.717) is 19.3 Å². The minimum absolute atomic E-state index is 0.187. The normalized spacial score (nSPS) is 11.8. The molecule has 4 heteroatoms. The van der Waals surface area contributed by atoms with Gasteiger partial charge in [0.2, 0.25) is 5.91 Å². The van der Waals surface area contributed by atoms with Gasteiger partial charge in [0.25, 0.3) is 0 Å². The Hall–Kier alpha value is -1.32. The van der Waals surface area contributed by atoms with Crippen LogP contribution in [0, 0.1) is 0 Å². The van der Waals surface area contributed by atoms with Crippen LogP contribution in [0.3, 0.4) is 0 Å². The molecule has 0 spiro atoms. The average molecular weight is 213 g/mol. The molecule has 0 saturated heterocycles. The van der Waals surface area contributed by atoms with Crippen molar-refractivity contribution in [1.82, 2.24) is 5.32 Å². The monoisotopic (exact) mass is 213 g/mol. The molecule has 0 saturated carbocycles. The highest BCUT2D eigenvalue weighted by atomic mass is 16.4. The lowest BCUT2D eigenvalue weighted by Gasteiger charge is -2.13. The van der Waals surface area contributed by atoms with Gasteiger partial charge in [0.1, 0.15) is 6.04 Å². The zero-order valence-electron chi connectivity index (χ0n) is 9.16. The molecule has 0 radical (unpaired) electrons. The fourth-order valence-electron chi connectivity index (χ4n) is 1.15. The molecule has 1 atom stereocenters. The van der Waals surface area contributed by atoms with Crippen molar-refractivity contribution in [2.24, 2.45) is 0 Å². The number of amides is 1. The molecule has 0 aliphatic carbocycles. The SMILES string of the molecule is C=CCCC(NC(=O)CCCC)C(=O)O. The lowest BCUT2D eigenvalue weighted by atomic mass is 10.1. The van der Waals surface area contributed by atoms with Crippen molar-refractivity contribution in [3.05, 3.63) is 12.7 Å². The van der Waals surface area contributed by atoms with Crippen LogP contribution in [0.15, 0.2) is 12.7 Å². The molecule has 0 fully saturated rings. The second kappa shape index (κ2) is 8.03. The van der Waals surface area contributed by atoms with Gasteiger partial charge in [-0.25, -0.2) is 4.79 Å². The van der Waals surface area contributed by atoms with Crippen molar-refractivity contribution in [3.8, 4) is 0 Å². The van der Waals surface area contributed by atoms with Crippen LogP contribution in [0.1, 0.15) is 39.0 Å². The topological polar surface area (TPSA) is 66.4 Å². The Labute approximate surface area is 90.4 Å². The van der Waals surface area contributed by atoms with E-state index in [0.717, 1.165) is 12.8 Å². The van der Waals surface area contributed by atoms with Crippen LogP contribution in [-0.4, -0.2) is 23.0 Å². The molecule has 0 aromatic rings. The zero-order valence-corrected chi connectivity index (χ0v) is 9.16. The molecule has 4 nitrogen and oxygen atoms in total. The molecule has 15 heavy (non-hydrogen) atoms. The minimum Gasteiger partial charge on any atom is -0.480 e. The summed E-state index contributed by atoms with van der Waals surface area (Å²) in [7, 11) is 0. The molecule has 2 N–H and O–H groups in total. The Morgan fingerprint density at radius 2 is 2.20 bits per heavy atom. The number of hydrogen-bond donors (Lipinski definition) is 2. The van der Waals surface area contributed by atoms with Gasteiger partial charge in [-0.1, -0.05) is 19.4 Å². The molecule has 1 unspecified atom stereocenters. The van der Waals surface area contributed by atoms with Crippen LogP contribution in [0.2, 0.25) is 0 Å². The van der Waals surface area contributed by atoms with Crippen molar-refractivity contribution >= 4 is 11.9 Å². The molecule has 0 heterocycles. The maximum atomic E-state index is 11.3. The van der Waals surface area contributed by atoms with E-state index < -0.39 is 12.0 Å². The third kappa shape index (κ3) is 6.71. The number of carboxylic acids is 1. The second-order valence-corrected chi connectivity index (χ2v) is 3.43. The molecular weight excluding hydrogens is 194 g/mol. The van der Waals surface area contributed by atoms with Gasteiger partial charge in [0.15, 0.2) is 0 Å². The summed E-state index contributed by atoms with van der Waals surface area (Å²) >= 11 is 0. The fraction of sp³-hybridized carbons (Fsp3) is 0.636. The Morgan fingerprint density at radius 3 is 2.67 bits per heavy atom. The molecule has 86 valence electrons. The number of allylic oxidation sites excluding steroid dienone is 1. The van der Waals surface area contributed by atoms with Gasteiger partial charge in [0, 0.05) is 6.42 Å². The van der Waals surface area contributed by atoms with E-state index in [4.69, 9.17) is 5.11 Å². The van der Waals surface area contributed by atoms with Crippen molar-refractivity contribution in [1.29, 1.82) is 0 Å². The van der Waals surface area contributed by atoms with Crippen LogP contribution >= 0.6 is 0 Å². The number of aliphatic carboxylic acids is 1. The van der Waals surface area contributed by atoms with Gasteiger partial charge in [0.05, 0.1) is 0 Å². The predicted molar refractivity (Wildman–Crippen MR) is 58.5 cm³/mol. The summed E-state index contributed by atoms with van der Waals surface area (Å²) in [5.74, 6) is -1.17. The van der Waals surface area contributed by atoms with Crippen LogP contribution in [-0.2, 0) is 9.59 Å². The minimum atomic E-state index is -0.985. The Morgan fingerprint density at radius 1 is 1.53 bits per heavy atom. The van der Waals surface area contributed by atoms with Crippen LogP contribution in [0.4, 0.5) is 0 Å². The maximum Gasteiger partial charge on any atom is 0.326 e. The lowest BCUT2D eigenvalue weighted by Crippen LogP contribution is -2.40. The lowest BCUT2D eigenvalue weighted by molar-refractivity contribution is -0.142. The van der Waals surface area contributed by atoms with Crippen LogP contribution in [0.5, 0.6) is 0 Å². The third-order valence-corrected chi connectivity index (χ3v) is 2.05. The number of hydrogen-bond acceptors (Lipinski definition) is 2. The largest absolute Gasteiger partial charge is 0.480 e. The Bertz CT molecular complexity index is 226. The number of carbonyl (C=O) groups is 2. The van der Waals surface area contributed by atoms with Crippen molar-refractivity contribution in [2.75, 3.05) is 0 Å². The third-order valence-electron chi connectivity index (χ3n) is 2.05. The van der Waals surface area contributed by atoms with E-state index in [1.807, 2.05) is 6.92 Å². The zero-order chi connectivity index (χ0) is 11.7. The highest BCUT2D eigenvalue weighted by Gasteiger charge is 2.18. The van der Waals surface area contributed by atoms with E-state index in [9.17, 15) is 9.59 Å². The molecule has 1 amide bonds. The molecule has 0 aliphatic rings. The van der Waals surface area contributed by atoms with E-state index in [1.54, 1.807) is 6.08 Å². The first-order chi connectivity index (χ1) is 7.11. The van der Waals surface area contributed by atoms with Crippen LogP contribution in [0.25, 0.3) is 0 Å². The first kappa shape index (κ1) is 13.7.